The fourth-order valence-corrected chi connectivity index (χ4v) is 2.15. The van der Waals surface area contributed by atoms with Gasteiger partial charge >= 0.3 is 0 Å². The Morgan fingerprint density at radius 3 is 3.00 bits per heavy atom. The maximum Gasteiger partial charge on any atom is 0.217 e. The van der Waals surface area contributed by atoms with Crippen LogP contribution in [0, 0.1) is 17.1 Å². The van der Waals surface area contributed by atoms with E-state index in [1.165, 1.54) is 12.3 Å². The van der Waals surface area contributed by atoms with Gasteiger partial charge < -0.3 is 5.32 Å². The van der Waals surface area contributed by atoms with Crippen molar-refractivity contribution in [3.8, 4) is 11.8 Å². The van der Waals surface area contributed by atoms with Crippen LogP contribution in [0.3, 0.4) is 0 Å². The lowest BCUT2D eigenvalue weighted by Gasteiger charge is -2.18. The molecule has 1 heterocycles. The number of hydrogen-bond donors (Lipinski definition) is 1. The van der Waals surface area contributed by atoms with Crippen LogP contribution in [-0.4, -0.2) is 16.1 Å². The van der Waals surface area contributed by atoms with Gasteiger partial charge in [0, 0.05) is 24.0 Å². The molecule has 1 atom stereocenters. The lowest BCUT2D eigenvalue weighted by atomic mass is 10.0. The quantitative estimate of drug-likeness (QED) is 0.917. The van der Waals surface area contributed by atoms with Crippen LogP contribution in [0.5, 0.6) is 0 Å². The zero-order valence-electron chi connectivity index (χ0n) is 10.9. The molecule has 0 bridgehead atoms. The second-order valence-corrected chi connectivity index (χ2v) is 4.18. The van der Waals surface area contributed by atoms with Crippen molar-refractivity contribution in [1.82, 2.24) is 14.9 Å². The first-order valence-corrected chi connectivity index (χ1v) is 6.14. The van der Waals surface area contributed by atoms with E-state index in [-0.39, 0.29) is 17.7 Å². The minimum absolute atomic E-state index is 0.143. The van der Waals surface area contributed by atoms with E-state index in [2.05, 4.69) is 10.3 Å². The molecule has 0 saturated heterocycles. The Morgan fingerprint density at radius 1 is 1.53 bits per heavy atom. The number of nitrogens with one attached hydrogen (secondary N) is 1. The van der Waals surface area contributed by atoms with Gasteiger partial charge in [0.2, 0.25) is 5.82 Å². The van der Waals surface area contributed by atoms with E-state index in [4.69, 9.17) is 5.26 Å². The van der Waals surface area contributed by atoms with Gasteiger partial charge in [0.15, 0.2) is 0 Å². The summed E-state index contributed by atoms with van der Waals surface area (Å²) in [6.45, 7) is 4.60. The van der Waals surface area contributed by atoms with Gasteiger partial charge in [-0.1, -0.05) is 13.0 Å². The van der Waals surface area contributed by atoms with Gasteiger partial charge in [-0.05, 0) is 25.6 Å². The lowest BCUT2D eigenvalue weighted by Crippen LogP contribution is -2.21. The second-order valence-electron chi connectivity index (χ2n) is 4.18. The summed E-state index contributed by atoms with van der Waals surface area (Å²) in [4.78, 5) is 3.95. The summed E-state index contributed by atoms with van der Waals surface area (Å²) in [5.41, 5.74) is 1.18. The van der Waals surface area contributed by atoms with E-state index in [1.54, 1.807) is 22.9 Å². The molecule has 1 unspecified atom stereocenters. The largest absolute Gasteiger partial charge is 0.310 e. The third kappa shape index (κ3) is 2.49. The van der Waals surface area contributed by atoms with Gasteiger partial charge in [0.05, 0.1) is 5.69 Å². The number of hydrogen-bond acceptors (Lipinski definition) is 3. The smallest absolute Gasteiger partial charge is 0.217 e. The second kappa shape index (κ2) is 5.63. The number of imidazole rings is 1. The first-order chi connectivity index (χ1) is 9.19. The van der Waals surface area contributed by atoms with Crippen molar-refractivity contribution in [2.24, 2.45) is 0 Å². The molecule has 1 aromatic carbocycles. The molecule has 0 aliphatic carbocycles. The summed E-state index contributed by atoms with van der Waals surface area (Å²) in [5, 5.41) is 12.2. The first kappa shape index (κ1) is 13.2. The standard InChI is InChI=1S/C14H15FN4/c1-3-17-10(2)14-11(15)5-4-6-12(14)19-8-7-18-13(19)9-16/h4-8,10,17H,3H2,1-2H3. The summed E-state index contributed by atoms with van der Waals surface area (Å²) >= 11 is 0. The SMILES string of the molecule is CCNC(C)c1c(F)cccc1-n1ccnc1C#N. The molecule has 0 aliphatic heterocycles. The van der Waals surface area contributed by atoms with E-state index in [0.717, 1.165) is 6.54 Å². The van der Waals surface area contributed by atoms with Crippen molar-refractivity contribution in [3.05, 3.63) is 47.8 Å². The van der Waals surface area contributed by atoms with E-state index in [0.29, 0.717) is 11.3 Å². The molecule has 19 heavy (non-hydrogen) atoms. The van der Waals surface area contributed by atoms with Crippen molar-refractivity contribution in [1.29, 1.82) is 5.26 Å². The molecule has 2 aromatic rings. The maximum absolute atomic E-state index is 14.1. The lowest BCUT2D eigenvalue weighted by molar-refractivity contribution is 0.538. The van der Waals surface area contributed by atoms with Crippen molar-refractivity contribution < 1.29 is 4.39 Å². The Balaban J connectivity index is 2.58. The van der Waals surface area contributed by atoms with Crippen molar-refractivity contribution in [3.63, 3.8) is 0 Å². The normalized spacial score (nSPS) is 12.1. The van der Waals surface area contributed by atoms with E-state index >= 15 is 0 Å². The van der Waals surface area contributed by atoms with Gasteiger partial charge in [-0.2, -0.15) is 5.26 Å². The average Bonchev–Trinajstić information content (AvgIpc) is 2.86. The molecule has 1 aromatic heterocycles. The number of halogens is 1. The third-order valence-corrected chi connectivity index (χ3v) is 2.97. The first-order valence-electron chi connectivity index (χ1n) is 6.14. The van der Waals surface area contributed by atoms with Gasteiger partial charge in [0.25, 0.3) is 0 Å². The molecular formula is C14H15FN4. The van der Waals surface area contributed by atoms with Gasteiger partial charge in [0.1, 0.15) is 11.9 Å². The van der Waals surface area contributed by atoms with Crippen LogP contribution in [-0.2, 0) is 0 Å². The Morgan fingerprint density at radius 2 is 2.32 bits per heavy atom. The Bertz CT molecular complexity index is 612. The molecule has 0 radical (unpaired) electrons. The molecule has 5 heteroatoms. The maximum atomic E-state index is 14.1. The minimum atomic E-state index is -0.288. The highest BCUT2D eigenvalue weighted by Crippen LogP contribution is 2.25. The number of nitriles is 1. The molecule has 4 nitrogen and oxygen atoms in total. The highest BCUT2D eigenvalue weighted by Gasteiger charge is 2.17. The Hall–Kier alpha value is -2.19. The van der Waals surface area contributed by atoms with Crippen LogP contribution in [0.4, 0.5) is 4.39 Å². The summed E-state index contributed by atoms with van der Waals surface area (Å²) in [5.74, 6) is -0.0425. The molecular weight excluding hydrogens is 243 g/mol. The van der Waals surface area contributed by atoms with Gasteiger partial charge in [-0.3, -0.25) is 4.57 Å². The molecule has 0 aliphatic rings. The van der Waals surface area contributed by atoms with Crippen LogP contribution >= 0.6 is 0 Å². The van der Waals surface area contributed by atoms with Gasteiger partial charge in [-0.25, -0.2) is 9.37 Å². The summed E-state index contributed by atoms with van der Waals surface area (Å²) in [7, 11) is 0. The molecule has 1 N–H and O–H groups in total. The fourth-order valence-electron chi connectivity index (χ4n) is 2.15. The number of nitrogens with zero attached hydrogens (tertiary/aromatic N) is 3. The summed E-state index contributed by atoms with van der Waals surface area (Å²) < 4.78 is 15.7. The topological polar surface area (TPSA) is 53.6 Å². The van der Waals surface area contributed by atoms with E-state index in [1.807, 2.05) is 19.9 Å². The van der Waals surface area contributed by atoms with Crippen molar-refractivity contribution in [2.45, 2.75) is 19.9 Å². The number of benzene rings is 1. The van der Waals surface area contributed by atoms with Crippen LogP contribution in [0.1, 0.15) is 31.3 Å². The van der Waals surface area contributed by atoms with Crippen LogP contribution in [0.15, 0.2) is 30.6 Å². The molecule has 0 amide bonds. The predicted octanol–water partition coefficient (Wildman–Crippen LogP) is 2.55. The predicted molar refractivity (Wildman–Crippen MR) is 70.3 cm³/mol. The Labute approximate surface area is 111 Å². The number of rotatable bonds is 4. The molecule has 98 valence electrons. The zero-order valence-corrected chi connectivity index (χ0v) is 10.9. The van der Waals surface area contributed by atoms with E-state index in [9.17, 15) is 4.39 Å². The fraction of sp³-hybridized carbons (Fsp3) is 0.286. The highest BCUT2D eigenvalue weighted by molar-refractivity contribution is 5.46. The average molecular weight is 258 g/mol. The van der Waals surface area contributed by atoms with E-state index < -0.39 is 0 Å². The Kier molecular flexibility index (Phi) is 3.93. The van der Waals surface area contributed by atoms with Crippen LogP contribution in [0.25, 0.3) is 5.69 Å². The third-order valence-electron chi connectivity index (χ3n) is 2.97. The van der Waals surface area contributed by atoms with Crippen LogP contribution < -0.4 is 5.32 Å². The van der Waals surface area contributed by atoms with Crippen LogP contribution in [0.2, 0.25) is 0 Å². The zero-order chi connectivity index (χ0) is 13.8. The summed E-state index contributed by atoms with van der Waals surface area (Å²) in [6, 6.07) is 6.70. The molecule has 0 fully saturated rings. The highest BCUT2D eigenvalue weighted by atomic mass is 19.1. The van der Waals surface area contributed by atoms with Gasteiger partial charge in [-0.15, -0.1) is 0 Å². The monoisotopic (exact) mass is 258 g/mol. The molecule has 0 saturated carbocycles. The van der Waals surface area contributed by atoms with Crippen molar-refractivity contribution >= 4 is 0 Å². The molecule has 0 spiro atoms. The summed E-state index contributed by atoms with van der Waals surface area (Å²) in [6.07, 6.45) is 3.20. The van der Waals surface area contributed by atoms with Crippen molar-refractivity contribution in [2.75, 3.05) is 6.54 Å². The minimum Gasteiger partial charge on any atom is -0.310 e. The molecule has 2 rings (SSSR count). The number of aromatic nitrogens is 2.